The highest BCUT2D eigenvalue weighted by Crippen LogP contribution is 2.36. The molecular formula is C17H21N5. The van der Waals surface area contributed by atoms with Gasteiger partial charge in [0.2, 0.25) is 0 Å². The predicted octanol–water partition coefficient (Wildman–Crippen LogP) is 3.09. The first-order chi connectivity index (χ1) is 10.4. The van der Waals surface area contributed by atoms with E-state index in [1.165, 1.54) is 22.3 Å². The van der Waals surface area contributed by atoms with Crippen LogP contribution < -0.4 is 4.90 Å². The third kappa shape index (κ3) is 2.13. The summed E-state index contributed by atoms with van der Waals surface area (Å²) in [4.78, 5) is 10.9. The Kier molecular flexibility index (Phi) is 3.35. The van der Waals surface area contributed by atoms with E-state index in [1.54, 1.807) is 10.8 Å². The molecule has 0 saturated carbocycles. The summed E-state index contributed by atoms with van der Waals surface area (Å²) < 4.78 is 1.81. The van der Waals surface area contributed by atoms with Crippen molar-refractivity contribution in [3.05, 3.63) is 40.8 Å². The highest BCUT2D eigenvalue weighted by molar-refractivity contribution is 5.83. The third-order valence-corrected chi connectivity index (χ3v) is 3.93. The van der Waals surface area contributed by atoms with Crippen LogP contribution in [0.4, 0.5) is 5.82 Å². The number of hydrogen-bond donors (Lipinski definition) is 0. The van der Waals surface area contributed by atoms with Crippen molar-refractivity contribution >= 4 is 11.6 Å². The van der Waals surface area contributed by atoms with Gasteiger partial charge in [-0.15, -0.1) is 0 Å². The molecule has 1 aromatic carbocycles. The van der Waals surface area contributed by atoms with E-state index in [0.717, 1.165) is 17.1 Å². The lowest BCUT2D eigenvalue weighted by atomic mass is 9.93. The Morgan fingerprint density at radius 2 is 1.59 bits per heavy atom. The standard InChI is InChI=1S/C17H21N5/c1-10-7-11(2)14(12(3)8-10)15-13(4)20-17-18-9-19-22(17)16(15)21(5)6/h7-9H,1-6H3. The van der Waals surface area contributed by atoms with E-state index in [0.29, 0.717) is 5.78 Å². The number of aryl methyl sites for hydroxylation is 4. The first kappa shape index (κ1) is 14.5. The minimum atomic E-state index is 0.632. The zero-order valence-corrected chi connectivity index (χ0v) is 14.0. The lowest BCUT2D eigenvalue weighted by Crippen LogP contribution is -2.17. The average Bonchev–Trinajstić information content (AvgIpc) is 2.84. The third-order valence-electron chi connectivity index (χ3n) is 3.93. The second-order valence-electron chi connectivity index (χ2n) is 6.04. The van der Waals surface area contributed by atoms with Crippen LogP contribution in [0, 0.1) is 27.7 Å². The number of benzene rings is 1. The molecule has 2 heterocycles. The molecule has 0 spiro atoms. The van der Waals surface area contributed by atoms with Crippen molar-refractivity contribution in [3.8, 4) is 11.1 Å². The zero-order valence-electron chi connectivity index (χ0n) is 14.0. The number of fused-ring (bicyclic) bond motifs is 1. The van der Waals surface area contributed by atoms with E-state index >= 15 is 0 Å². The van der Waals surface area contributed by atoms with Crippen LogP contribution in [0.5, 0.6) is 0 Å². The van der Waals surface area contributed by atoms with Gasteiger partial charge in [0.15, 0.2) is 0 Å². The van der Waals surface area contributed by atoms with Crippen molar-refractivity contribution < 1.29 is 0 Å². The Morgan fingerprint density at radius 3 is 2.18 bits per heavy atom. The van der Waals surface area contributed by atoms with Crippen molar-refractivity contribution in [2.45, 2.75) is 27.7 Å². The van der Waals surface area contributed by atoms with Gasteiger partial charge < -0.3 is 4.90 Å². The molecule has 22 heavy (non-hydrogen) atoms. The van der Waals surface area contributed by atoms with Crippen LogP contribution in [0.1, 0.15) is 22.4 Å². The molecule has 0 atom stereocenters. The van der Waals surface area contributed by atoms with Crippen molar-refractivity contribution in [2.75, 3.05) is 19.0 Å². The largest absolute Gasteiger partial charge is 0.362 e. The Labute approximate surface area is 130 Å². The summed E-state index contributed by atoms with van der Waals surface area (Å²) in [6, 6.07) is 4.43. The fraction of sp³-hybridized carbons (Fsp3) is 0.353. The summed E-state index contributed by atoms with van der Waals surface area (Å²) >= 11 is 0. The van der Waals surface area contributed by atoms with Crippen LogP contribution in [-0.2, 0) is 0 Å². The summed E-state index contributed by atoms with van der Waals surface area (Å²) in [6.45, 7) is 8.47. The van der Waals surface area contributed by atoms with E-state index in [1.807, 2.05) is 21.0 Å². The lowest BCUT2D eigenvalue weighted by Gasteiger charge is -2.22. The maximum atomic E-state index is 4.62. The van der Waals surface area contributed by atoms with E-state index in [4.69, 9.17) is 0 Å². The molecule has 0 saturated heterocycles. The molecule has 5 heteroatoms. The summed E-state index contributed by atoms with van der Waals surface area (Å²) in [7, 11) is 4.05. The van der Waals surface area contributed by atoms with E-state index in [-0.39, 0.29) is 0 Å². The van der Waals surface area contributed by atoms with Crippen molar-refractivity contribution in [1.29, 1.82) is 0 Å². The summed E-state index contributed by atoms with van der Waals surface area (Å²) in [5, 5.41) is 4.35. The normalized spacial score (nSPS) is 11.2. The highest BCUT2D eigenvalue weighted by Gasteiger charge is 2.20. The molecule has 2 aromatic heterocycles. The van der Waals surface area contributed by atoms with Crippen LogP contribution in [0.15, 0.2) is 18.5 Å². The minimum absolute atomic E-state index is 0.632. The van der Waals surface area contributed by atoms with Crippen molar-refractivity contribution in [1.82, 2.24) is 19.6 Å². The summed E-state index contributed by atoms with van der Waals surface area (Å²) in [5.74, 6) is 1.64. The number of rotatable bonds is 2. The first-order valence-electron chi connectivity index (χ1n) is 7.36. The second-order valence-corrected chi connectivity index (χ2v) is 6.04. The van der Waals surface area contributed by atoms with Crippen LogP contribution in [0.3, 0.4) is 0 Å². The lowest BCUT2D eigenvalue weighted by molar-refractivity contribution is 0.890. The average molecular weight is 295 g/mol. The molecule has 3 rings (SSSR count). The van der Waals surface area contributed by atoms with Crippen molar-refractivity contribution in [3.63, 3.8) is 0 Å². The Morgan fingerprint density at radius 1 is 0.955 bits per heavy atom. The molecule has 0 aliphatic heterocycles. The van der Waals surface area contributed by atoms with Gasteiger partial charge in [-0.25, -0.2) is 4.98 Å². The Balaban J connectivity index is 2.45. The molecule has 5 nitrogen and oxygen atoms in total. The van der Waals surface area contributed by atoms with Crippen LogP contribution >= 0.6 is 0 Å². The number of aromatic nitrogens is 4. The zero-order chi connectivity index (χ0) is 16.0. The number of nitrogens with zero attached hydrogens (tertiary/aromatic N) is 5. The molecule has 0 aliphatic carbocycles. The van der Waals surface area contributed by atoms with Gasteiger partial charge in [0, 0.05) is 19.7 Å². The molecule has 0 fully saturated rings. The van der Waals surface area contributed by atoms with Gasteiger partial charge in [-0.2, -0.15) is 14.6 Å². The molecule has 0 bridgehead atoms. The SMILES string of the molecule is Cc1cc(C)c(-c2c(C)nc3ncnn3c2N(C)C)c(C)c1. The van der Waals surface area contributed by atoms with Crippen LogP contribution in [0.25, 0.3) is 16.9 Å². The van der Waals surface area contributed by atoms with E-state index in [9.17, 15) is 0 Å². The fourth-order valence-electron chi connectivity index (χ4n) is 3.21. The maximum Gasteiger partial charge on any atom is 0.254 e. The van der Waals surface area contributed by atoms with Gasteiger partial charge in [0.25, 0.3) is 5.78 Å². The monoisotopic (exact) mass is 295 g/mol. The highest BCUT2D eigenvalue weighted by atomic mass is 15.4. The molecule has 0 amide bonds. The van der Waals surface area contributed by atoms with Gasteiger partial charge in [-0.1, -0.05) is 17.7 Å². The molecule has 0 unspecified atom stereocenters. The molecule has 114 valence electrons. The summed E-state index contributed by atoms with van der Waals surface area (Å²) in [5.41, 5.74) is 7.11. The van der Waals surface area contributed by atoms with E-state index < -0.39 is 0 Å². The quantitative estimate of drug-likeness (QED) is 0.729. The molecule has 0 N–H and O–H groups in total. The predicted molar refractivity (Wildman–Crippen MR) is 89.5 cm³/mol. The second kappa shape index (κ2) is 5.09. The number of anilines is 1. The molecular weight excluding hydrogens is 274 g/mol. The molecule has 3 aromatic rings. The topological polar surface area (TPSA) is 46.3 Å². The Hall–Kier alpha value is -2.43. The van der Waals surface area contributed by atoms with Gasteiger partial charge in [-0.05, 0) is 44.4 Å². The molecule has 0 radical (unpaired) electrons. The smallest absolute Gasteiger partial charge is 0.254 e. The molecule has 0 aliphatic rings. The van der Waals surface area contributed by atoms with Crippen molar-refractivity contribution in [2.24, 2.45) is 0 Å². The van der Waals surface area contributed by atoms with Crippen LogP contribution in [-0.4, -0.2) is 33.7 Å². The fourth-order valence-corrected chi connectivity index (χ4v) is 3.21. The van der Waals surface area contributed by atoms with E-state index in [2.05, 4.69) is 52.9 Å². The van der Waals surface area contributed by atoms with Gasteiger partial charge >= 0.3 is 0 Å². The summed E-state index contributed by atoms with van der Waals surface area (Å²) in [6.07, 6.45) is 1.55. The first-order valence-corrected chi connectivity index (χ1v) is 7.36. The minimum Gasteiger partial charge on any atom is -0.362 e. The maximum absolute atomic E-state index is 4.62. The van der Waals surface area contributed by atoms with Gasteiger partial charge in [0.05, 0.1) is 5.69 Å². The van der Waals surface area contributed by atoms with Gasteiger partial charge in [-0.3, -0.25) is 0 Å². The Bertz CT molecular complexity index is 838. The van der Waals surface area contributed by atoms with Gasteiger partial charge in [0.1, 0.15) is 12.1 Å². The number of hydrogen-bond acceptors (Lipinski definition) is 4. The van der Waals surface area contributed by atoms with Crippen LogP contribution in [0.2, 0.25) is 0 Å².